The Labute approximate surface area is 94.9 Å². The molecule has 0 aromatic rings. The van der Waals surface area contributed by atoms with E-state index in [2.05, 4.69) is 32.3 Å². The number of imide groups is 1. The average molecular weight is 316 g/mol. The second-order valence-electron chi connectivity index (χ2n) is 2.71. The van der Waals surface area contributed by atoms with Crippen LogP contribution in [0.15, 0.2) is 0 Å². The van der Waals surface area contributed by atoms with Crippen LogP contribution in [-0.2, 0) is 4.79 Å². The number of urea groups is 1. The minimum absolute atomic E-state index is 0.278. The quantitative estimate of drug-likeness (QED) is 0.509. The number of nitrogens with zero attached hydrogens (tertiary/aromatic N) is 2. The molecule has 6 heteroatoms. The van der Waals surface area contributed by atoms with Crippen molar-refractivity contribution < 1.29 is 9.59 Å². The van der Waals surface area contributed by atoms with Crippen molar-refractivity contribution in [2.75, 3.05) is 0 Å². The molecule has 0 bridgehead atoms. The van der Waals surface area contributed by atoms with Crippen molar-refractivity contribution in [2.45, 2.75) is 33.2 Å². The fourth-order valence-electron chi connectivity index (χ4n) is 0.727. The summed E-state index contributed by atoms with van der Waals surface area (Å²) in [7, 11) is 0. The van der Waals surface area contributed by atoms with E-state index in [0.717, 1.165) is 3.93 Å². The Hall–Kier alpha value is -0.100. The molecule has 3 amide bonds. The van der Waals surface area contributed by atoms with Gasteiger partial charge in [0.1, 0.15) is 5.54 Å². The van der Waals surface area contributed by atoms with Crippen LogP contribution < -0.4 is 0 Å². The van der Waals surface area contributed by atoms with Crippen LogP contribution in [0.25, 0.3) is 0 Å². The molecule has 0 unspecified atom stereocenters. The van der Waals surface area contributed by atoms with E-state index in [-0.39, 0.29) is 5.91 Å². The lowest BCUT2D eigenvalue weighted by atomic mass is 10.1. The number of hydrogen-bond acceptors (Lipinski definition) is 2. The monoisotopic (exact) mass is 314 g/mol. The van der Waals surface area contributed by atoms with Crippen LogP contribution in [-0.4, -0.2) is 25.3 Å². The summed E-state index contributed by atoms with van der Waals surface area (Å²) >= 11 is 5.84. The van der Waals surface area contributed by atoms with Crippen LogP contribution in [0.3, 0.4) is 0 Å². The molecule has 0 spiro atoms. The van der Waals surface area contributed by atoms with E-state index in [1.807, 2.05) is 13.8 Å². The molecule has 1 saturated heterocycles. The van der Waals surface area contributed by atoms with Gasteiger partial charge in [0, 0.05) is 0 Å². The van der Waals surface area contributed by atoms with Crippen molar-refractivity contribution in [3.05, 3.63) is 0 Å². The Morgan fingerprint density at radius 2 is 1.54 bits per heavy atom. The van der Waals surface area contributed by atoms with E-state index < -0.39 is 11.6 Å². The van der Waals surface area contributed by atoms with E-state index in [4.69, 9.17) is 0 Å². The predicted molar refractivity (Wildman–Crippen MR) is 57.4 cm³/mol. The van der Waals surface area contributed by atoms with Gasteiger partial charge in [0.2, 0.25) is 0 Å². The fraction of sp³-hybridized carbons (Fsp3) is 0.714. The van der Waals surface area contributed by atoms with Gasteiger partial charge in [-0.15, -0.1) is 0 Å². The molecule has 13 heavy (non-hydrogen) atoms. The van der Waals surface area contributed by atoms with Gasteiger partial charge in [0.25, 0.3) is 5.91 Å². The van der Waals surface area contributed by atoms with Crippen molar-refractivity contribution in [3.63, 3.8) is 0 Å². The van der Waals surface area contributed by atoms with Crippen LogP contribution in [0, 0.1) is 0 Å². The molecule has 1 fully saturated rings. The fourth-order valence-corrected chi connectivity index (χ4v) is 1.84. The van der Waals surface area contributed by atoms with Crippen LogP contribution in [0.5, 0.6) is 0 Å². The predicted octanol–water partition coefficient (Wildman–Crippen LogP) is 2.68. The molecule has 1 aliphatic heterocycles. The lowest BCUT2D eigenvalue weighted by Gasteiger charge is -2.19. The van der Waals surface area contributed by atoms with Gasteiger partial charge in [-0.05, 0) is 13.8 Å². The molecule has 76 valence electrons. The Bertz CT molecular complexity index is 231. The zero-order chi connectivity index (χ0) is 10.8. The van der Waals surface area contributed by atoms with E-state index in [9.17, 15) is 9.59 Å². The molecule has 1 rings (SSSR count). The summed E-state index contributed by atoms with van der Waals surface area (Å²) in [5, 5.41) is 0. The minimum Gasteiger partial charge on any atom is -0.271 e. The normalized spacial score (nSPS) is 20.2. The lowest BCUT2D eigenvalue weighted by molar-refractivity contribution is -0.127. The highest BCUT2D eigenvalue weighted by Crippen LogP contribution is 2.32. The summed E-state index contributed by atoms with van der Waals surface area (Å²) in [5.74, 6) is -0.278. The molecular formula is C7H12Br2N2O2. The molecule has 0 radical (unpaired) electrons. The Morgan fingerprint density at radius 1 is 1.15 bits per heavy atom. The number of amides is 3. The van der Waals surface area contributed by atoms with Gasteiger partial charge < -0.3 is 0 Å². The molecule has 1 aliphatic rings. The summed E-state index contributed by atoms with van der Waals surface area (Å²) < 4.78 is 2.11. The second kappa shape index (κ2) is 4.41. The zero-order valence-corrected chi connectivity index (χ0v) is 11.1. The minimum atomic E-state index is -0.805. The topological polar surface area (TPSA) is 40.6 Å². The van der Waals surface area contributed by atoms with Gasteiger partial charge >= 0.3 is 6.03 Å². The molecule has 0 aliphatic carbocycles. The smallest absolute Gasteiger partial charge is 0.271 e. The van der Waals surface area contributed by atoms with Gasteiger partial charge in [-0.3, -0.25) is 4.79 Å². The molecule has 0 aromatic heterocycles. The van der Waals surface area contributed by atoms with Gasteiger partial charge in [0.05, 0.1) is 32.3 Å². The summed E-state index contributed by atoms with van der Waals surface area (Å²) in [6.45, 7) is 7.31. The standard InChI is InChI=1S/C5H6Br2N2O2.C2H6/c1-5(2)3(10)8(6)4(11)9(5)7;1-2/h1-2H3;1-2H3. The summed E-state index contributed by atoms with van der Waals surface area (Å²) in [4.78, 5) is 22.3. The number of halogens is 2. The highest BCUT2D eigenvalue weighted by atomic mass is 79.9. The maximum Gasteiger partial charge on any atom is 0.348 e. The van der Waals surface area contributed by atoms with Crippen molar-refractivity contribution in [3.8, 4) is 0 Å². The van der Waals surface area contributed by atoms with Crippen molar-refractivity contribution in [1.29, 1.82) is 0 Å². The van der Waals surface area contributed by atoms with E-state index in [1.54, 1.807) is 13.8 Å². The van der Waals surface area contributed by atoms with E-state index in [0.29, 0.717) is 0 Å². The highest BCUT2D eigenvalue weighted by molar-refractivity contribution is 9.08. The van der Waals surface area contributed by atoms with Crippen molar-refractivity contribution in [2.24, 2.45) is 0 Å². The van der Waals surface area contributed by atoms with Crippen LogP contribution in [0.1, 0.15) is 27.7 Å². The van der Waals surface area contributed by atoms with Gasteiger partial charge in [-0.2, -0.15) is 3.93 Å². The maximum atomic E-state index is 11.2. The van der Waals surface area contributed by atoms with Crippen LogP contribution in [0.2, 0.25) is 0 Å². The van der Waals surface area contributed by atoms with Gasteiger partial charge in [0.15, 0.2) is 0 Å². The summed E-state index contributed by atoms with van der Waals surface area (Å²) in [6, 6.07) is -0.403. The number of carbonyl (C=O) groups is 2. The Balaban J connectivity index is 0.000000671. The third-order valence-electron chi connectivity index (χ3n) is 1.53. The van der Waals surface area contributed by atoms with Gasteiger partial charge in [-0.25, -0.2) is 8.72 Å². The zero-order valence-electron chi connectivity index (χ0n) is 7.97. The first-order valence-electron chi connectivity index (χ1n) is 3.89. The third-order valence-corrected chi connectivity index (χ3v) is 3.34. The van der Waals surface area contributed by atoms with Crippen molar-refractivity contribution in [1.82, 2.24) is 7.85 Å². The second-order valence-corrected chi connectivity index (χ2v) is 4.13. The lowest BCUT2D eigenvalue weighted by Crippen LogP contribution is -2.37. The van der Waals surface area contributed by atoms with Crippen molar-refractivity contribution >= 4 is 44.2 Å². The Kier molecular flexibility index (Phi) is 4.38. The van der Waals surface area contributed by atoms with E-state index in [1.165, 1.54) is 3.93 Å². The van der Waals surface area contributed by atoms with Gasteiger partial charge in [-0.1, -0.05) is 13.8 Å². The molecule has 1 heterocycles. The SMILES string of the molecule is CC.CC1(C)C(=O)N(Br)C(=O)N1Br. The Morgan fingerprint density at radius 3 is 1.62 bits per heavy atom. The van der Waals surface area contributed by atoms with E-state index >= 15 is 0 Å². The first kappa shape index (κ1) is 12.9. The third kappa shape index (κ3) is 2.04. The first-order valence-corrected chi connectivity index (χ1v) is 5.31. The van der Waals surface area contributed by atoms with Crippen LogP contribution >= 0.6 is 32.3 Å². The maximum absolute atomic E-state index is 11.2. The largest absolute Gasteiger partial charge is 0.348 e. The number of rotatable bonds is 0. The molecule has 0 saturated carbocycles. The molecular weight excluding hydrogens is 304 g/mol. The number of carbonyl (C=O) groups excluding carboxylic acids is 2. The molecule has 0 aromatic carbocycles. The average Bonchev–Trinajstić information content (AvgIpc) is 2.25. The molecule has 4 nitrogen and oxygen atoms in total. The summed E-state index contributed by atoms with van der Waals surface area (Å²) in [6.07, 6.45) is 0. The highest BCUT2D eigenvalue weighted by Gasteiger charge is 2.50. The first-order chi connectivity index (χ1) is 5.89. The molecule has 0 N–H and O–H groups in total. The summed E-state index contributed by atoms with van der Waals surface area (Å²) in [5.41, 5.74) is -0.805. The molecule has 0 atom stereocenters. The number of hydrogen-bond donors (Lipinski definition) is 0. The van der Waals surface area contributed by atoms with Crippen LogP contribution in [0.4, 0.5) is 4.79 Å².